The molecule has 0 aromatic rings. The third kappa shape index (κ3) is 6.31. The van der Waals surface area contributed by atoms with Crippen molar-refractivity contribution in [3.05, 3.63) is 12.2 Å². The number of rotatable bonds is 10. The van der Waals surface area contributed by atoms with Crippen LogP contribution >= 0.6 is 0 Å². The topological polar surface area (TPSA) is 92.8 Å². The summed E-state index contributed by atoms with van der Waals surface area (Å²) < 4.78 is 5.20. The van der Waals surface area contributed by atoms with Gasteiger partial charge >= 0.3 is 0 Å². The first kappa shape index (κ1) is 17.0. The summed E-state index contributed by atoms with van der Waals surface area (Å²) in [5.74, 6) is -0.892. The van der Waals surface area contributed by atoms with E-state index in [1.54, 1.807) is 6.92 Å². The highest BCUT2D eigenvalue weighted by Gasteiger charge is 2.23. The molecule has 1 heterocycles. The standard InChI is InChI=1S/C14H20N2O5/c1-2-11(17)6-9-21-10-7-15-12(18)5-8-16-13(19)3-4-14(16)20/h3-4H,2,5-10H2,1H3,(H,15,18). The number of imide groups is 1. The van der Waals surface area contributed by atoms with Gasteiger partial charge in [0.1, 0.15) is 5.78 Å². The van der Waals surface area contributed by atoms with E-state index in [1.807, 2.05) is 0 Å². The predicted octanol–water partition coefficient (Wildman–Crippen LogP) is -0.196. The molecule has 21 heavy (non-hydrogen) atoms. The molecule has 0 spiro atoms. The lowest BCUT2D eigenvalue weighted by atomic mass is 10.2. The summed E-state index contributed by atoms with van der Waals surface area (Å²) >= 11 is 0. The summed E-state index contributed by atoms with van der Waals surface area (Å²) in [7, 11) is 0. The van der Waals surface area contributed by atoms with Gasteiger partial charge in [0, 0.05) is 44.5 Å². The molecule has 0 atom stereocenters. The number of Topliss-reactive ketones (excluding diaryl/α,β-unsaturated/α-hetero) is 1. The van der Waals surface area contributed by atoms with E-state index in [2.05, 4.69) is 5.32 Å². The van der Waals surface area contributed by atoms with Crippen LogP contribution in [0.25, 0.3) is 0 Å². The lowest BCUT2D eigenvalue weighted by Gasteiger charge is -2.13. The maximum absolute atomic E-state index is 11.5. The van der Waals surface area contributed by atoms with Crippen molar-refractivity contribution in [1.29, 1.82) is 0 Å². The summed E-state index contributed by atoms with van der Waals surface area (Å²) in [5, 5.41) is 2.62. The van der Waals surface area contributed by atoms with Crippen LogP contribution in [0.1, 0.15) is 26.2 Å². The predicted molar refractivity (Wildman–Crippen MR) is 74.2 cm³/mol. The molecule has 1 aliphatic rings. The second-order valence-corrected chi connectivity index (χ2v) is 4.52. The minimum Gasteiger partial charge on any atom is -0.379 e. The molecule has 3 amide bonds. The second-order valence-electron chi connectivity index (χ2n) is 4.52. The van der Waals surface area contributed by atoms with Gasteiger partial charge in [0.25, 0.3) is 11.8 Å². The molecule has 7 heteroatoms. The monoisotopic (exact) mass is 296 g/mol. The van der Waals surface area contributed by atoms with Gasteiger partial charge in [-0.1, -0.05) is 6.92 Å². The van der Waals surface area contributed by atoms with Crippen molar-refractivity contribution >= 4 is 23.5 Å². The molecule has 0 aromatic heterocycles. The van der Waals surface area contributed by atoms with Crippen LogP contribution in [0.5, 0.6) is 0 Å². The van der Waals surface area contributed by atoms with Gasteiger partial charge in [-0.2, -0.15) is 0 Å². The van der Waals surface area contributed by atoms with E-state index in [-0.39, 0.29) is 24.7 Å². The average Bonchev–Trinajstić information content (AvgIpc) is 2.79. The van der Waals surface area contributed by atoms with Crippen LogP contribution in [0.3, 0.4) is 0 Å². The molecule has 0 saturated carbocycles. The van der Waals surface area contributed by atoms with Gasteiger partial charge in [-0.05, 0) is 0 Å². The maximum Gasteiger partial charge on any atom is 0.253 e. The number of hydrogen-bond acceptors (Lipinski definition) is 5. The summed E-state index contributed by atoms with van der Waals surface area (Å²) in [6.45, 7) is 2.88. The lowest BCUT2D eigenvalue weighted by Crippen LogP contribution is -2.35. The molecular weight excluding hydrogens is 276 g/mol. The second kappa shape index (κ2) is 9.02. The number of hydrogen-bond donors (Lipinski definition) is 1. The van der Waals surface area contributed by atoms with E-state index >= 15 is 0 Å². The number of amides is 3. The molecule has 0 radical (unpaired) electrons. The first-order valence-corrected chi connectivity index (χ1v) is 6.94. The highest BCUT2D eigenvalue weighted by Crippen LogP contribution is 2.03. The molecule has 0 unspecified atom stereocenters. The molecule has 0 aromatic carbocycles. The van der Waals surface area contributed by atoms with E-state index in [0.29, 0.717) is 32.6 Å². The quantitative estimate of drug-likeness (QED) is 0.445. The zero-order chi connectivity index (χ0) is 15.7. The molecule has 0 saturated heterocycles. The Balaban J connectivity index is 2.03. The Labute approximate surface area is 123 Å². The number of ketones is 1. The van der Waals surface area contributed by atoms with Crippen LogP contribution in [0.4, 0.5) is 0 Å². The van der Waals surface area contributed by atoms with Crippen molar-refractivity contribution in [2.75, 3.05) is 26.3 Å². The van der Waals surface area contributed by atoms with Crippen molar-refractivity contribution < 1.29 is 23.9 Å². The molecule has 0 bridgehead atoms. The number of carbonyl (C=O) groups is 4. The molecule has 0 aliphatic carbocycles. The summed E-state index contributed by atoms with van der Waals surface area (Å²) in [6, 6.07) is 0. The van der Waals surface area contributed by atoms with Crippen LogP contribution in [0, 0.1) is 0 Å². The van der Waals surface area contributed by atoms with Gasteiger partial charge in [0.05, 0.1) is 13.2 Å². The third-order valence-electron chi connectivity index (χ3n) is 2.95. The van der Waals surface area contributed by atoms with Crippen molar-refractivity contribution in [3.63, 3.8) is 0 Å². The number of carbonyl (C=O) groups excluding carboxylic acids is 4. The molecular formula is C14H20N2O5. The SMILES string of the molecule is CCC(=O)CCOCCNC(=O)CCN1C(=O)C=CC1=O. The average molecular weight is 296 g/mol. The first-order chi connectivity index (χ1) is 10.0. The molecule has 1 rings (SSSR count). The normalized spacial score (nSPS) is 13.9. The van der Waals surface area contributed by atoms with Gasteiger partial charge in [-0.3, -0.25) is 24.1 Å². The van der Waals surface area contributed by atoms with Crippen LogP contribution in [0.15, 0.2) is 12.2 Å². The largest absolute Gasteiger partial charge is 0.379 e. The maximum atomic E-state index is 11.5. The highest BCUT2D eigenvalue weighted by molar-refractivity contribution is 6.13. The van der Waals surface area contributed by atoms with E-state index in [4.69, 9.17) is 4.74 Å². The summed E-state index contributed by atoms with van der Waals surface area (Å²) in [6.07, 6.45) is 3.32. The summed E-state index contributed by atoms with van der Waals surface area (Å²) in [4.78, 5) is 46.0. The molecule has 1 N–H and O–H groups in total. The Morgan fingerprint density at radius 2 is 1.81 bits per heavy atom. The van der Waals surface area contributed by atoms with Gasteiger partial charge < -0.3 is 10.1 Å². The Hall–Kier alpha value is -2.02. The zero-order valence-electron chi connectivity index (χ0n) is 12.1. The van der Waals surface area contributed by atoms with E-state index in [0.717, 1.165) is 4.90 Å². The highest BCUT2D eigenvalue weighted by atomic mass is 16.5. The fourth-order valence-corrected chi connectivity index (χ4v) is 1.68. The first-order valence-electron chi connectivity index (χ1n) is 6.94. The molecule has 116 valence electrons. The fraction of sp³-hybridized carbons (Fsp3) is 0.571. The summed E-state index contributed by atoms with van der Waals surface area (Å²) in [5.41, 5.74) is 0. The third-order valence-corrected chi connectivity index (χ3v) is 2.95. The van der Waals surface area contributed by atoms with Crippen molar-refractivity contribution in [1.82, 2.24) is 10.2 Å². The smallest absolute Gasteiger partial charge is 0.253 e. The van der Waals surface area contributed by atoms with E-state index in [1.165, 1.54) is 12.2 Å². The Morgan fingerprint density at radius 1 is 1.14 bits per heavy atom. The number of ether oxygens (including phenoxy) is 1. The van der Waals surface area contributed by atoms with Crippen LogP contribution in [-0.2, 0) is 23.9 Å². The Bertz CT molecular complexity index is 427. The lowest BCUT2D eigenvalue weighted by molar-refractivity contribution is -0.137. The molecule has 7 nitrogen and oxygen atoms in total. The van der Waals surface area contributed by atoms with Gasteiger partial charge in [0.2, 0.25) is 5.91 Å². The van der Waals surface area contributed by atoms with Gasteiger partial charge in [0.15, 0.2) is 0 Å². The Morgan fingerprint density at radius 3 is 2.43 bits per heavy atom. The minimum atomic E-state index is -0.392. The Kier molecular flexibility index (Phi) is 7.31. The zero-order valence-corrected chi connectivity index (χ0v) is 12.1. The number of nitrogens with one attached hydrogen (secondary N) is 1. The van der Waals surface area contributed by atoms with Crippen molar-refractivity contribution in [2.45, 2.75) is 26.2 Å². The van der Waals surface area contributed by atoms with Crippen molar-refractivity contribution in [3.8, 4) is 0 Å². The van der Waals surface area contributed by atoms with Crippen LogP contribution < -0.4 is 5.32 Å². The molecule has 1 aliphatic heterocycles. The van der Waals surface area contributed by atoms with E-state index in [9.17, 15) is 19.2 Å². The number of nitrogens with zero attached hydrogens (tertiary/aromatic N) is 1. The van der Waals surface area contributed by atoms with Gasteiger partial charge in [-0.25, -0.2) is 0 Å². The van der Waals surface area contributed by atoms with Crippen LogP contribution in [0.2, 0.25) is 0 Å². The molecule has 0 fully saturated rings. The van der Waals surface area contributed by atoms with Crippen LogP contribution in [-0.4, -0.2) is 54.7 Å². The van der Waals surface area contributed by atoms with Gasteiger partial charge in [-0.15, -0.1) is 0 Å². The fourth-order valence-electron chi connectivity index (χ4n) is 1.68. The minimum absolute atomic E-state index is 0.0630. The van der Waals surface area contributed by atoms with E-state index < -0.39 is 11.8 Å². The van der Waals surface area contributed by atoms with Crippen molar-refractivity contribution in [2.24, 2.45) is 0 Å².